The summed E-state index contributed by atoms with van der Waals surface area (Å²) in [5.74, 6) is 2.02. The van der Waals surface area contributed by atoms with Gasteiger partial charge in [-0.15, -0.1) is 0 Å². The van der Waals surface area contributed by atoms with Crippen molar-refractivity contribution in [3.63, 3.8) is 0 Å². The fourth-order valence-corrected chi connectivity index (χ4v) is 3.78. The molecular formula is C18H24N4O. The summed E-state index contributed by atoms with van der Waals surface area (Å²) in [5.41, 5.74) is 2.00. The molecule has 0 N–H and O–H groups in total. The number of carbonyl (C=O) groups excluding carboxylic acids is 1. The minimum Gasteiger partial charge on any atom is -0.347 e. The average Bonchev–Trinajstić information content (AvgIpc) is 3.20. The van der Waals surface area contributed by atoms with Crippen LogP contribution in [0.5, 0.6) is 0 Å². The summed E-state index contributed by atoms with van der Waals surface area (Å²) in [6, 6.07) is 4.20. The molecule has 5 heteroatoms. The van der Waals surface area contributed by atoms with Crippen molar-refractivity contribution in [3.8, 4) is 0 Å². The van der Waals surface area contributed by atoms with Crippen molar-refractivity contribution >= 4 is 5.91 Å². The van der Waals surface area contributed by atoms with Gasteiger partial charge in [0, 0.05) is 44.1 Å². The molecule has 0 spiro atoms. The number of hydrogen-bond donors (Lipinski definition) is 0. The number of likely N-dealkylation sites (tertiary alicyclic amines) is 1. The van der Waals surface area contributed by atoms with Gasteiger partial charge in [-0.25, -0.2) is 4.98 Å². The Morgan fingerprint density at radius 3 is 2.83 bits per heavy atom. The van der Waals surface area contributed by atoms with E-state index in [-0.39, 0.29) is 5.91 Å². The van der Waals surface area contributed by atoms with Gasteiger partial charge in [0.05, 0.1) is 6.04 Å². The van der Waals surface area contributed by atoms with Crippen LogP contribution in [0.15, 0.2) is 24.5 Å². The minimum atomic E-state index is 0.146. The van der Waals surface area contributed by atoms with Crippen molar-refractivity contribution < 1.29 is 4.79 Å². The van der Waals surface area contributed by atoms with E-state index in [1.807, 2.05) is 41.0 Å². The van der Waals surface area contributed by atoms with Crippen LogP contribution < -0.4 is 0 Å². The van der Waals surface area contributed by atoms with Crippen LogP contribution >= 0.6 is 0 Å². The van der Waals surface area contributed by atoms with Crippen LogP contribution in [0.4, 0.5) is 0 Å². The monoisotopic (exact) mass is 312 g/mol. The van der Waals surface area contributed by atoms with Crippen molar-refractivity contribution in [2.75, 3.05) is 13.1 Å². The maximum absolute atomic E-state index is 12.8. The summed E-state index contributed by atoms with van der Waals surface area (Å²) in [4.78, 5) is 19.4. The van der Waals surface area contributed by atoms with E-state index >= 15 is 0 Å². The lowest BCUT2D eigenvalue weighted by Gasteiger charge is -2.35. The number of amides is 1. The van der Waals surface area contributed by atoms with Gasteiger partial charge in [-0.3, -0.25) is 4.79 Å². The van der Waals surface area contributed by atoms with Crippen LogP contribution in [0.2, 0.25) is 0 Å². The first-order valence-corrected chi connectivity index (χ1v) is 8.59. The average molecular weight is 312 g/mol. The number of rotatable bonds is 3. The molecule has 1 atom stereocenters. The van der Waals surface area contributed by atoms with Crippen LogP contribution in [-0.2, 0) is 7.05 Å². The first kappa shape index (κ1) is 14.5. The molecule has 0 radical (unpaired) electrons. The summed E-state index contributed by atoms with van der Waals surface area (Å²) in [7, 11) is 1.93. The summed E-state index contributed by atoms with van der Waals surface area (Å²) < 4.78 is 4.31. The summed E-state index contributed by atoms with van der Waals surface area (Å²) >= 11 is 0. The van der Waals surface area contributed by atoms with E-state index in [1.165, 1.54) is 24.4 Å². The smallest absolute Gasteiger partial charge is 0.270 e. The molecule has 3 heterocycles. The molecule has 23 heavy (non-hydrogen) atoms. The number of piperidine rings is 1. The van der Waals surface area contributed by atoms with Crippen molar-refractivity contribution in [2.45, 2.75) is 44.6 Å². The number of hydrogen-bond acceptors (Lipinski definition) is 2. The van der Waals surface area contributed by atoms with Gasteiger partial charge in [0.15, 0.2) is 0 Å². The maximum atomic E-state index is 12.8. The Balaban J connectivity index is 1.57. The molecule has 1 aliphatic carbocycles. The van der Waals surface area contributed by atoms with Gasteiger partial charge in [-0.2, -0.15) is 0 Å². The number of aromatic nitrogens is 3. The van der Waals surface area contributed by atoms with E-state index < -0.39 is 0 Å². The molecule has 1 unspecified atom stereocenters. The second kappa shape index (κ2) is 5.55. The molecule has 2 fully saturated rings. The molecule has 4 rings (SSSR count). The number of aryl methyl sites for hydroxylation is 2. The molecule has 122 valence electrons. The standard InChI is InChI=1S/C18H24N4O/c1-13-11-19-17(14-7-8-14)22(13)15-5-3-10-21(12-15)18(23)16-6-4-9-20(16)2/h4,6,9,11,14-15H,3,5,7-8,10,12H2,1-2H3. The lowest BCUT2D eigenvalue weighted by atomic mass is 10.0. The maximum Gasteiger partial charge on any atom is 0.270 e. The molecule has 1 saturated carbocycles. The molecule has 0 aromatic carbocycles. The Hall–Kier alpha value is -2.04. The molecule has 2 aromatic heterocycles. The Morgan fingerprint density at radius 1 is 1.30 bits per heavy atom. The van der Waals surface area contributed by atoms with E-state index in [0.717, 1.165) is 31.6 Å². The van der Waals surface area contributed by atoms with E-state index in [1.54, 1.807) is 0 Å². The first-order chi connectivity index (χ1) is 11.1. The Kier molecular flexibility index (Phi) is 3.51. The quantitative estimate of drug-likeness (QED) is 0.874. The van der Waals surface area contributed by atoms with E-state index in [0.29, 0.717) is 12.0 Å². The highest BCUT2D eigenvalue weighted by atomic mass is 16.2. The topological polar surface area (TPSA) is 43.1 Å². The second-order valence-electron chi connectivity index (χ2n) is 6.95. The van der Waals surface area contributed by atoms with E-state index in [4.69, 9.17) is 0 Å². The van der Waals surface area contributed by atoms with Gasteiger partial charge in [0.25, 0.3) is 5.91 Å². The van der Waals surface area contributed by atoms with Crippen LogP contribution in [0, 0.1) is 6.92 Å². The zero-order chi connectivity index (χ0) is 16.0. The van der Waals surface area contributed by atoms with E-state index in [2.05, 4.69) is 16.5 Å². The lowest BCUT2D eigenvalue weighted by Crippen LogP contribution is -2.41. The van der Waals surface area contributed by atoms with Gasteiger partial charge in [-0.1, -0.05) is 0 Å². The molecule has 2 aromatic rings. The molecule has 1 amide bonds. The van der Waals surface area contributed by atoms with Crippen LogP contribution in [0.3, 0.4) is 0 Å². The first-order valence-electron chi connectivity index (χ1n) is 8.59. The predicted octanol–water partition coefficient (Wildman–Crippen LogP) is 2.88. The van der Waals surface area contributed by atoms with Gasteiger partial charge >= 0.3 is 0 Å². The number of carbonyl (C=O) groups is 1. The van der Waals surface area contributed by atoms with Gasteiger partial charge in [0.2, 0.25) is 0 Å². The molecule has 5 nitrogen and oxygen atoms in total. The largest absolute Gasteiger partial charge is 0.347 e. The lowest BCUT2D eigenvalue weighted by molar-refractivity contribution is 0.0667. The number of imidazole rings is 1. The second-order valence-corrected chi connectivity index (χ2v) is 6.95. The van der Waals surface area contributed by atoms with Crippen LogP contribution in [0.1, 0.15) is 59.6 Å². The predicted molar refractivity (Wildman–Crippen MR) is 88.5 cm³/mol. The SMILES string of the molecule is Cc1cnc(C2CC2)n1C1CCCN(C(=O)c2cccn2C)C1. The van der Waals surface area contributed by atoms with Gasteiger partial charge < -0.3 is 14.0 Å². The van der Waals surface area contributed by atoms with Crippen molar-refractivity contribution in [1.29, 1.82) is 0 Å². The van der Waals surface area contributed by atoms with Crippen LogP contribution in [0.25, 0.3) is 0 Å². The molecule has 1 aliphatic heterocycles. The van der Waals surface area contributed by atoms with Gasteiger partial charge in [0.1, 0.15) is 11.5 Å². The summed E-state index contributed by atoms with van der Waals surface area (Å²) in [6.07, 6.45) is 8.63. The zero-order valence-electron chi connectivity index (χ0n) is 13.9. The molecular weight excluding hydrogens is 288 g/mol. The molecule has 2 aliphatic rings. The van der Waals surface area contributed by atoms with Crippen molar-refractivity contribution in [2.24, 2.45) is 7.05 Å². The van der Waals surface area contributed by atoms with Gasteiger partial charge in [-0.05, 0) is 44.7 Å². The third-order valence-electron chi connectivity index (χ3n) is 5.16. The highest BCUT2D eigenvalue weighted by molar-refractivity contribution is 5.92. The molecule has 0 bridgehead atoms. The Morgan fingerprint density at radius 2 is 2.13 bits per heavy atom. The fraction of sp³-hybridized carbons (Fsp3) is 0.556. The van der Waals surface area contributed by atoms with Crippen LogP contribution in [-0.4, -0.2) is 38.0 Å². The summed E-state index contributed by atoms with van der Waals surface area (Å²) in [5, 5.41) is 0. The Bertz CT molecular complexity index is 725. The third kappa shape index (κ3) is 2.58. The summed E-state index contributed by atoms with van der Waals surface area (Å²) in [6.45, 7) is 3.78. The van der Waals surface area contributed by atoms with Crippen molar-refractivity contribution in [3.05, 3.63) is 41.7 Å². The highest BCUT2D eigenvalue weighted by Crippen LogP contribution is 2.41. The minimum absolute atomic E-state index is 0.146. The van der Waals surface area contributed by atoms with E-state index in [9.17, 15) is 4.79 Å². The zero-order valence-corrected chi connectivity index (χ0v) is 13.9. The highest BCUT2D eigenvalue weighted by Gasteiger charge is 2.33. The normalized spacial score (nSPS) is 21.7. The third-order valence-corrected chi connectivity index (χ3v) is 5.16. The fourth-order valence-electron chi connectivity index (χ4n) is 3.78. The number of nitrogens with zero attached hydrogens (tertiary/aromatic N) is 4. The Labute approximate surface area is 136 Å². The van der Waals surface area contributed by atoms with Crippen molar-refractivity contribution in [1.82, 2.24) is 19.0 Å². The molecule has 1 saturated heterocycles.